The van der Waals surface area contributed by atoms with E-state index in [9.17, 15) is 0 Å². The molecule has 0 unspecified atom stereocenters. The monoisotopic (exact) mass is 339 g/mol. The molecule has 0 aliphatic carbocycles. The first kappa shape index (κ1) is 19.0. The predicted molar refractivity (Wildman–Crippen MR) is 105 cm³/mol. The molecular weight excluding hydrogens is 310 g/mol. The Kier molecular flexibility index (Phi) is 6.59. The second-order valence-corrected chi connectivity index (χ2v) is 6.47. The topological polar surface area (TPSA) is 30.3 Å². The van der Waals surface area contributed by atoms with Crippen LogP contribution in [0.5, 0.6) is 5.88 Å². The third-order valence-electron chi connectivity index (χ3n) is 4.04. The second kappa shape index (κ2) is 8.67. The van der Waals surface area contributed by atoms with Gasteiger partial charge in [-0.15, -0.1) is 5.10 Å². The van der Waals surface area contributed by atoms with Crippen LogP contribution in [-0.2, 0) is 6.54 Å². The lowest BCUT2D eigenvalue weighted by molar-refractivity contribution is 0.273. The maximum atomic E-state index is 5.98. The van der Waals surface area contributed by atoms with Crippen molar-refractivity contribution in [1.82, 2.24) is 14.7 Å². The highest BCUT2D eigenvalue weighted by molar-refractivity contribution is 5.85. The molecule has 1 aromatic heterocycles. The first-order chi connectivity index (χ1) is 11.6. The SMILES string of the molecule is C.Cc1ccc2c(c1)c(OCCCN(C)C)nn2Cc1ccccc1. The van der Waals surface area contributed by atoms with Gasteiger partial charge in [0.2, 0.25) is 5.88 Å². The van der Waals surface area contributed by atoms with Gasteiger partial charge in [-0.25, -0.2) is 0 Å². The van der Waals surface area contributed by atoms with Crippen LogP contribution in [0.25, 0.3) is 10.9 Å². The van der Waals surface area contributed by atoms with E-state index in [4.69, 9.17) is 9.84 Å². The molecule has 0 amide bonds. The molecule has 0 saturated carbocycles. The van der Waals surface area contributed by atoms with Crippen LogP contribution in [0.2, 0.25) is 0 Å². The van der Waals surface area contributed by atoms with Gasteiger partial charge < -0.3 is 9.64 Å². The summed E-state index contributed by atoms with van der Waals surface area (Å²) in [5.41, 5.74) is 3.58. The Hall–Kier alpha value is -2.33. The van der Waals surface area contributed by atoms with Crippen molar-refractivity contribution in [2.24, 2.45) is 0 Å². The fourth-order valence-corrected chi connectivity index (χ4v) is 2.80. The largest absolute Gasteiger partial charge is 0.476 e. The van der Waals surface area contributed by atoms with Gasteiger partial charge >= 0.3 is 0 Å². The minimum absolute atomic E-state index is 0. The van der Waals surface area contributed by atoms with Crippen LogP contribution in [-0.4, -0.2) is 41.9 Å². The maximum Gasteiger partial charge on any atom is 0.240 e. The third-order valence-corrected chi connectivity index (χ3v) is 4.04. The molecular formula is C21H29N3O. The molecule has 0 fully saturated rings. The zero-order valence-corrected chi connectivity index (χ0v) is 14.7. The van der Waals surface area contributed by atoms with Gasteiger partial charge in [0.15, 0.2) is 0 Å². The Balaban J connectivity index is 0.00000225. The molecule has 3 aromatic rings. The first-order valence-electron chi connectivity index (χ1n) is 8.42. The van der Waals surface area contributed by atoms with Gasteiger partial charge in [0.1, 0.15) is 0 Å². The highest BCUT2D eigenvalue weighted by Gasteiger charge is 2.12. The van der Waals surface area contributed by atoms with Crippen molar-refractivity contribution in [2.45, 2.75) is 27.3 Å². The number of aromatic nitrogens is 2. The molecule has 0 N–H and O–H groups in total. The summed E-state index contributed by atoms with van der Waals surface area (Å²) in [6.07, 6.45) is 0.992. The van der Waals surface area contributed by atoms with E-state index in [-0.39, 0.29) is 7.43 Å². The lowest BCUT2D eigenvalue weighted by Gasteiger charge is -2.09. The average molecular weight is 339 g/mol. The molecule has 0 spiro atoms. The Morgan fingerprint density at radius 2 is 1.84 bits per heavy atom. The number of hydrogen-bond acceptors (Lipinski definition) is 3. The molecule has 0 saturated heterocycles. The van der Waals surface area contributed by atoms with E-state index in [2.05, 4.69) is 68.4 Å². The molecule has 25 heavy (non-hydrogen) atoms. The van der Waals surface area contributed by atoms with Gasteiger partial charge in [-0.3, -0.25) is 4.68 Å². The van der Waals surface area contributed by atoms with E-state index in [0.29, 0.717) is 6.61 Å². The molecule has 0 atom stereocenters. The summed E-state index contributed by atoms with van der Waals surface area (Å²) in [4.78, 5) is 2.17. The number of fused-ring (bicyclic) bond motifs is 1. The lowest BCUT2D eigenvalue weighted by atomic mass is 10.1. The second-order valence-electron chi connectivity index (χ2n) is 6.47. The number of nitrogens with zero attached hydrogens (tertiary/aromatic N) is 3. The van der Waals surface area contributed by atoms with Crippen molar-refractivity contribution >= 4 is 10.9 Å². The zero-order chi connectivity index (χ0) is 16.9. The molecule has 0 aliphatic rings. The minimum Gasteiger partial charge on any atom is -0.476 e. The quantitative estimate of drug-likeness (QED) is 0.599. The first-order valence-corrected chi connectivity index (χ1v) is 8.42. The third kappa shape index (κ3) is 4.83. The summed E-state index contributed by atoms with van der Waals surface area (Å²) in [6.45, 7) is 4.55. The lowest BCUT2D eigenvalue weighted by Crippen LogP contribution is -2.15. The molecule has 134 valence electrons. The fourth-order valence-electron chi connectivity index (χ4n) is 2.80. The summed E-state index contributed by atoms with van der Waals surface area (Å²) < 4.78 is 8.02. The predicted octanol–water partition coefficient (Wildman–Crippen LogP) is 4.36. The summed E-state index contributed by atoms with van der Waals surface area (Å²) >= 11 is 0. The number of hydrogen-bond donors (Lipinski definition) is 0. The summed E-state index contributed by atoms with van der Waals surface area (Å²) in [5, 5.41) is 5.82. The molecule has 4 nitrogen and oxygen atoms in total. The van der Waals surface area contributed by atoms with E-state index in [1.165, 1.54) is 11.1 Å². The molecule has 4 heteroatoms. The molecule has 2 aromatic carbocycles. The Morgan fingerprint density at radius 3 is 2.56 bits per heavy atom. The van der Waals surface area contributed by atoms with Crippen LogP contribution in [0.4, 0.5) is 0 Å². The van der Waals surface area contributed by atoms with Crippen LogP contribution < -0.4 is 4.74 Å². The van der Waals surface area contributed by atoms with Crippen LogP contribution >= 0.6 is 0 Å². The van der Waals surface area contributed by atoms with Crippen molar-refractivity contribution in [2.75, 3.05) is 27.2 Å². The zero-order valence-electron chi connectivity index (χ0n) is 14.7. The van der Waals surface area contributed by atoms with Crippen LogP contribution in [0, 0.1) is 6.92 Å². The summed E-state index contributed by atoms with van der Waals surface area (Å²) in [5.74, 6) is 0.739. The summed E-state index contributed by atoms with van der Waals surface area (Å²) in [6, 6.07) is 16.8. The van der Waals surface area contributed by atoms with Crippen LogP contribution in [0.15, 0.2) is 48.5 Å². The van der Waals surface area contributed by atoms with Gasteiger partial charge in [-0.1, -0.05) is 49.4 Å². The molecule has 0 aliphatic heterocycles. The highest BCUT2D eigenvalue weighted by atomic mass is 16.5. The Bertz CT molecular complexity index is 794. The number of aryl methyl sites for hydroxylation is 1. The number of ether oxygens (including phenoxy) is 1. The van der Waals surface area contributed by atoms with E-state index < -0.39 is 0 Å². The maximum absolute atomic E-state index is 5.98. The minimum atomic E-state index is 0. The number of rotatable bonds is 7. The van der Waals surface area contributed by atoms with Crippen molar-refractivity contribution in [3.63, 3.8) is 0 Å². The van der Waals surface area contributed by atoms with Crippen molar-refractivity contribution in [3.05, 3.63) is 59.7 Å². The smallest absolute Gasteiger partial charge is 0.240 e. The molecule has 1 heterocycles. The van der Waals surface area contributed by atoms with Gasteiger partial charge in [-0.05, 0) is 45.1 Å². The van der Waals surface area contributed by atoms with Crippen LogP contribution in [0.1, 0.15) is 25.0 Å². The average Bonchev–Trinajstić information content (AvgIpc) is 2.89. The molecule has 0 radical (unpaired) electrons. The van der Waals surface area contributed by atoms with Crippen molar-refractivity contribution in [3.8, 4) is 5.88 Å². The normalized spacial score (nSPS) is 10.9. The van der Waals surface area contributed by atoms with Gasteiger partial charge in [0, 0.05) is 6.54 Å². The van der Waals surface area contributed by atoms with E-state index >= 15 is 0 Å². The highest BCUT2D eigenvalue weighted by Crippen LogP contribution is 2.27. The molecule has 0 bridgehead atoms. The van der Waals surface area contributed by atoms with Crippen molar-refractivity contribution < 1.29 is 4.74 Å². The standard InChI is InChI=1S/C20H25N3O.CH4/c1-16-10-11-19-18(14-16)20(24-13-7-12-22(2)3)21-23(19)15-17-8-5-4-6-9-17;/h4-6,8-11,14H,7,12-13,15H2,1-3H3;1H4. The summed E-state index contributed by atoms with van der Waals surface area (Å²) in [7, 11) is 4.15. The number of benzene rings is 2. The van der Waals surface area contributed by atoms with E-state index in [1.54, 1.807) is 0 Å². The van der Waals surface area contributed by atoms with E-state index in [1.807, 2.05) is 10.7 Å². The van der Waals surface area contributed by atoms with Gasteiger partial charge in [-0.2, -0.15) is 0 Å². The molecule has 3 rings (SSSR count). The fraction of sp³-hybridized carbons (Fsp3) is 0.381. The Morgan fingerprint density at radius 1 is 1.08 bits per heavy atom. The van der Waals surface area contributed by atoms with Gasteiger partial charge in [0.25, 0.3) is 0 Å². The Labute approximate surface area is 151 Å². The van der Waals surface area contributed by atoms with E-state index in [0.717, 1.165) is 36.3 Å². The van der Waals surface area contributed by atoms with Crippen molar-refractivity contribution in [1.29, 1.82) is 0 Å². The van der Waals surface area contributed by atoms with Gasteiger partial charge in [0.05, 0.1) is 24.1 Å². The van der Waals surface area contributed by atoms with Crippen LogP contribution in [0.3, 0.4) is 0 Å².